The molecule has 112 valence electrons. The minimum absolute atomic E-state index is 0.0295. The molecule has 21 heavy (non-hydrogen) atoms. The van der Waals surface area contributed by atoms with E-state index in [-0.39, 0.29) is 10.7 Å². The lowest BCUT2D eigenvalue weighted by Crippen LogP contribution is -2.15. The molecule has 0 atom stereocenters. The Kier molecular flexibility index (Phi) is 3.62. The molecule has 1 aromatic heterocycles. The standard InChI is InChI=1S/C13H12ClF3N4/c14-8-1-4-12(11(5-8)13(15,16)17)21-7-10(19-20-21)6-18-9-2-3-9/h1,4-5,7,9,18H,2-3,6H2. The second kappa shape index (κ2) is 5.31. The van der Waals surface area contributed by atoms with Crippen molar-refractivity contribution in [3.63, 3.8) is 0 Å². The number of aromatic nitrogens is 3. The summed E-state index contributed by atoms with van der Waals surface area (Å²) in [6, 6.07) is 4.07. The summed E-state index contributed by atoms with van der Waals surface area (Å²) in [6.45, 7) is 0.500. The molecule has 3 rings (SSSR count). The van der Waals surface area contributed by atoms with E-state index in [1.54, 1.807) is 0 Å². The number of halogens is 4. The predicted molar refractivity (Wildman–Crippen MR) is 71.2 cm³/mol. The molecule has 0 saturated heterocycles. The summed E-state index contributed by atoms with van der Waals surface area (Å²) in [5.41, 5.74) is -0.316. The molecule has 1 N–H and O–H groups in total. The lowest BCUT2D eigenvalue weighted by Gasteiger charge is -2.12. The van der Waals surface area contributed by atoms with E-state index in [4.69, 9.17) is 11.6 Å². The minimum Gasteiger partial charge on any atom is -0.308 e. The van der Waals surface area contributed by atoms with Crippen molar-refractivity contribution in [3.8, 4) is 5.69 Å². The molecule has 0 unspecified atom stereocenters. The average molecular weight is 317 g/mol. The topological polar surface area (TPSA) is 42.7 Å². The summed E-state index contributed by atoms with van der Waals surface area (Å²) in [5, 5.41) is 10.9. The summed E-state index contributed by atoms with van der Waals surface area (Å²) in [6.07, 6.45) is -0.750. The summed E-state index contributed by atoms with van der Waals surface area (Å²) < 4.78 is 40.3. The Bertz CT molecular complexity index is 649. The fourth-order valence-corrected chi connectivity index (χ4v) is 2.14. The first-order valence-electron chi connectivity index (χ1n) is 6.45. The molecule has 8 heteroatoms. The van der Waals surface area contributed by atoms with Gasteiger partial charge in [-0.25, -0.2) is 4.68 Å². The van der Waals surface area contributed by atoms with Crippen LogP contribution in [0.3, 0.4) is 0 Å². The van der Waals surface area contributed by atoms with E-state index in [1.807, 2.05) is 0 Å². The van der Waals surface area contributed by atoms with Crippen molar-refractivity contribution in [1.82, 2.24) is 20.3 Å². The van der Waals surface area contributed by atoms with Crippen molar-refractivity contribution in [3.05, 3.63) is 40.7 Å². The van der Waals surface area contributed by atoms with E-state index < -0.39 is 11.7 Å². The van der Waals surface area contributed by atoms with Crippen LogP contribution >= 0.6 is 11.6 Å². The third-order valence-corrected chi connectivity index (χ3v) is 3.44. The van der Waals surface area contributed by atoms with Crippen LogP contribution in [0, 0.1) is 0 Å². The molecular weight excluding hydrogens is 305 g/mol. The van der Waals surface area contributed by atoms with Gasteiger partial charge in [0.1, 0.15) is 0 Å². The Morgan fingerprint density at radius 2 is 2.10 bits per heavy atom. The number of hydrogen-bond acceptors (Lipinski definition) is 3. The van der Waals surface area contributed by atoms with Gasteiger partial charge in [0.15, 0.2) is 0 Å². The van der Waals surface area contributed by atoms with Crippen molar-refractivity contribution in [1.29, 1.82) is 0 Å². The quantitative estimate of drug-likeness (QED) is 0.942. The zero-order chi connectivity index (χ0) is 15.0. The highest BCUT2D eigenvalue weighted by atomic mass is 35.5. The number of alkyl halides is 3. The van der Waals surface area contributed by atoms with Gasteiger partial charge in [-0.1, -0.05) is 16.8 Å². The maximum absolute atomic E-state index is 13.1. The molecule has 1 fully saturated rings. The van der Waals surface area contributed by atoms with Crippen molar-refractivity contribution < 1.29 is 13.2 Å². The zero-order valence-corrected chi connectivity index (χ0v) is 11.6. The van der Waals surface area contributed by atoms with E-state index >= 15 is 0 Å². The maximum Gasteiger partial charge on any atom is 0.418 e. The molecule has 1 aliphatic rings. The van der Waals surface area contributed by atoms with Gasteiger partial charge in [-0.2, -0.15) is 13.2 Å². The zero-order valence-electron chi connectivity index (χ0n) is 10.9. The van der Waals surface area contributed by atoms with Crippen LogP contribution in [-0.2, 0) is 12.7 Å². The molecule has 1 saturated carbocycles. The predicted octanol–water partition coefficient (Wildman–Crippen LogP) is 3.19. The Labute approximate surface area is 123 Å². The van der Waals surface area contributed by atoms with Crippen molar-refractivity contribution in [2.24, 2.45) is 0 Å². The van der Waals surface area contributed by atoms with E-state index in [0.717, 1.165) is 23.6 Å². The summed E-state index contributed by atoms with van der Waals surface area (Å²) >= 11 is 5.65. The van der Waals surface area contributed by atoms with Crippen LogP contribution in [0.25, 0.3) is 5.69 Å². The summed E-state index contributed by atoms with van der Waals surface area (Å²) in [7, 11) is 0. The maximum atomic E-state index is 13.1. The second-order valence-corrected chi connectivity index (χ2v) is 5.41. The Morgan fingerprint density at radius 3 is 2.76 bits per heavy atom. The van der Waals surface area contributed by atoms with Crippen LogP contribution in [0.4, 0.5) is 13.2 Å². The first-order chi connectivity index (χ1) is 9.93. The highest BCUT2D eigenvalue weighted by molar-refractivity contribution is 6.30. The third-order valence-electron chi connectivity index (χ3n) is 3.20. The van der Waals surface area contributed by atoms with Gasteiger partial charge in [-0.05, 0) is 31.0 Å². The molecule has 1 heterocycles. The number of nitrogens with one attached hydrogen (secondary N) is 1. The molecule has 1 aliphatic carbocycles. The van der Waals surface area contributed by atoms with Crippen molar-refractivity contribution >= 4 is 11.6 Å². The van der Waals surface area contributed by atoms with Crippen LogP contribution in [0.1, 0.15) is 24.1 Å². The van der Waals surface area contributed by atoms with Crippen LogP contribution in [-0.4, -0.2) is 21.0 Å². The Morgan fingerprint density at radius 1 is 1.33 bits per heavy atom. The van der Waals surface area contributed by atoms with E-state index in [2.05, 4.69) is 15.6 Å². The smallest absolute Gasteiger partial charge is 0.308 e. The Balaban J connectivity index is 1.88. The number of benzene rings is 1. The average Bonchev–Trinajstić information content (AvgIpc) is 3.13. The molecular formula is C13H12ClF3N4. The van der Waals surface area contributed by atoms with Gasteiger partial charge >= 0.3 is 6.18 Å². The molecule has 4 nitrogen and oxygen atoms in total. The van der Waals surface area contributed by atoms with Gasteiger partial charge in [-0.3, -0.25) is 0 Å². The minimum atomic E-state index is -4.50. The Hall–Kier alpha value is -1.60. The van der Waals surface area contributed by atoms with Gasteiger partial charge in [0.25, 0.3) is 0 Å². The normalized spacial score (nSPS) is 15.4. The summed E-state index contributed by atoms with van der Waals surface area (Å²) in [5.74, 6) is 0. The van der Waals surface area contributed by atoms with Crippen LogP contribution in [0.2, 0.25) is 5.02 Å². The molecule has 2 aromatic rings. The van der Waals surface area contributed by atoms with E-state index in [0.29, 0.717) is 18.3 Å². The van der Waals surface area contributed by atoms with Gasteiger partial charge in [-0.15, -0.1) is 5.10 Å². The fraction of sp³-hybridized carbons (Fsp3) is 0.385. The number of nitrogens with zero attached hydrogens (tertiary/aromatic N) is 3. The second-order valence-electron chi connectivity index (χ2n) is 4.97. The lowest BCUT2D eigenvalue weighted by molar-refractivity contribution is -0.137. The number of hydrogen-bond donors (Lipinski definition) is 1. The van der Waals surface area contributed by atoms with Gasteiger partial charge < -0.3 is 5.32 Å². The SMILES string of the molecule is FC(F)(F)c1cc(Cl)ccc1-n1cc(CNC2CC2)nn1. The largest absolute Gasteiger partial charge is 0.418 e. The molecule has 0 amide bonds. The van der Waals surface area contributed by atoms with E-state index in [9.17, 15) is 13.2 Å². The lowest BCUT2D eigenvalue weighted by atomic mass is 10.1. The van der Waals surface area contributed by atoms with Crippen LogP contribution in [0.5, 0.6) is 0 Å². The van der Waals surface area contributed by atoms with Gasteiger partial charge in [0.2, 0.25) is 0 Å². The highest BCUT2D eigenvalue weighted by Gasteiger charge is 2.34. The summed E-state index contributed by atoms with van der Waals surface area (Å²) in [4.78, 5) is 0. The van der Waals surface area contributed by atoms with Crippen molar-refractivity contribution in [2.75, 3.05) is 0 Å². The molecule has 0 spiro atoms. The van der Waals surface area contributed by atoms with Gasteiger partial charge in [0, 0.05) is 17.6 Å². The van der Waals surface area contributed by atoms with Crippen LogP contribution < -0.4 is 5.32 Å². The molecule has 0 radical (unpaired) electrons. The van der Waals surface area contributed by atoms with Gasteiger partial charge in [0.05, 0.1) is 23.1 Å². The first-order valence-corrected chi connectivity index (χ1v) is 6.83. The van der Waals surface area contributed by atoms with Crippen LogP contribution in [0.15, 0.2) is 24.4 Å². The highest BCUT2D eigenvalue weighted by Crippen LogP contribution is 2.35. The molecule has 0 aliphatic heterocycles. The third kappa shape index (κ3) is 3.36. The van der Waals surface area contributed by atoms with E-state index in [1.165, 1.54) is 18.3 Å². The first kappa shape index (κ1) is 14.3. The fourth-order valence-electron chi connectivity index (χ4n) is 1.97. The monoisotopic (exact) mass is 316 g/mol. The number of rotatable bonds is 4. The molecule has 0 bridgehead atoms. The molecule has 1 aromatic carbocycles. The van der Waals surface area contributed by atoms with Crippen molar-refractivity contribution in [2.45, 2.75) is 31.6 Å².